The molecule has 3 unspecified atom stereocenters. The van der Waals surface area contributed by atoms with Crippen LogP contribution in [0.2, 0.25) is 0 Å². The molecule has 1 heterocycles. The van der Waals surface area contributed by atoms with Crippen LogP contribution in [-0.4, -0.2) is 61.2 Å². The van der Waals surface area contributed by atoms with Gasteiger partial charge in [0, 0.05) is 37.8 Å². The molecule has 2 aliphatic rings. The van der Waals surface area contributed by atoms with Gasteiger partial charge in [0.25, 0.3) is 0 Å². The predicted octanol–water partition coefficient (Wildman–Crippen LogP) is 2.96. The molecule has 1 aliphatic carbocycles. The molecule has 0 spiro atoms. The van der Waals surface area contributed by atoms with E-state index in [1.165, 1.54) is 51.7 Å². The van der Waals surface area contributed by atoms with Crippen LogP contribution in [0.25, 0.3) is 0 Å². The van der Waals surface area contributed by atoms with Crippen LogP contribution < -0.4 is 5.32 Å². The molecule has 0 radical (unpaired) electrons. The quantitative estimate of drug-likeness (QED) is 0.841. The summed E-state index contributed by atoms with van der Waals surface area (Å²) in [6.45, 7) is 14.5. The van der Waals surface area contributed by atoms with Crippen molar-refractivity contribution in [2.24, 2.45) is 5.41 Å². The van der Waals surface area contributed by atoms with Gasteiger partial charge in [-0.05, 0) is 44.7 Å². The topological polar surface area (TPSA) is 18.5 Å². The second-order valence-corrected chi connectivity index (χ2v) is 7.92. The van der Waals surface area contributed by atoms with Gasteiger partial charge in [-0.1, -0.05) is 34.1 Å². The van der Waals surface area contributed by atoms with Crippen molar-refractivity contribution in [3.8, 4) is 0 Å². The fourth-order valence-electron chi connectivity index (χ4n) is 4.43. The first-order valence-corrected chi connectivity index (χ1v) is 9.17. The summed E-state index contributed by atoms with van der Waals surface area (Å²) in [5.74, 6) is 0. The second-order valence-electron chi connectivity index (χ2n) is 7.92. The Balaban J connectivity index is 2.07. The molecule has 1 saturated carbocycles. The van der Waals surface area contributed by atoms with E-state index < -0.39 is 0 Å². The summed E-state index contributed by atoms with van der Waals surface area (Å²) in [5.41, 5.74) is 0.434. The molecule has 0 aromatic carbocycles. The average Bonchev–Trinajstić information content (AvgIpc) is 2.45. The van der Waals surface area contributed by atoms with Crippen LogP contribution in [0.5, 0.6) is 0 Å². The Bertz CT molecular complexity index is 316. The largest absolute Gasteiger partial charge is 0.312 e. The van der Waals surface area contributed by atoms with E-state index in [0.717, 1.165) is 18.6 Å². The van der Waals surface area contributed by atoms with Crippen molar-refractivity contribution in [3.63, 3.8) is 0 Å². The van der Waals surface area contributed by atoms with E-state index in [1.54, 1.807) is 0 Å². The van der Waals surface area contributed by atoms with Crippen LogP contribution in [0, 0.1) is 5.41 Å². The number of nitrogens with zero attached hydrogens (tertiary/aromatic N) is 2. The number of likely N-dealkylation sites (N-methyl/N-ethyl adjacent to an activating group) is 1. The lowest BCUT2D eigenvalue weighted by Crippen LogP contribution is -2.63. The van der Waals surface area contributed by atoms with Gasteiger partial charge in [-0.25, -0.2) is 0 Å². The van der Waals surface area contributed by atoms with Crippen molar-refractivity contribution in [3.05, 3.63) is 0 Å². The van der Waals surface area contributed by atoms with E-state index in [1.807, 2.05) is 0 Å². The van der Waals surface area contributed by atoms with Crippen LogP contribution in [0.3, 0.4) is 0 Å². The molecule has 2 fully saturated rings. The smallest absolute Gasteiger partial charge is 0.0274 e. The predicted molar refractivity (Wildman–Crippen MR) is 91.8 cm³/mol. The average molecular weight is 296 g/mol. The molecule has 0 aromatic rings. The maximum Gasteiger partial charge on any atom is 0.0274 e. The van der Waals surface area contributed by atoms with Crippen molar-refractivity contribution in [1.82, 2.24) is 15.1 Å². The summed E-state index contributed by atoms with van der Waals surface area (Å²) in [5, 5.41) is 3.90. The van der Waals surface area contributed by atoms with Gasteiger partial charge in [0.1, 0.15) is 0 Å². The zero-order chi connectivity index (χ0) is 15.5. The maximum atomic E-state index is 3.90. The number of hydrogen-bond donors (Lipinski definition) is 1. The monoisotopic (exact) mass is 295 g/mol. The lowest BCUT2D eigenvalue weighted by Gasteiger charge is -2.52. The van der Waals surface area contributed by atoms with Crippen LogP contribution >= 0.6 is 0 Å². The second kappa shape index (κ2) is 7.43. The summed E-state index contributed by atoms with van der Waals surface area (Å²) in [7, 11) is 2.29. The van der Waals surface area contributed by atoms with Gasteiger partial charge < -0.3 is 10.2 Å². The third kappa shape index (κ3) is 4.00. The molecular formula is C18H37N3. The Labute approximate surface area is 132 Å². The van der Waals surface area contributed by atoms with Gasteiger partial charge in [0.05, 0.1) is 0 Å². The molecule has 2 rings (SSSR count). The SMILES string of the molecule is CCCNC1C(N2CCN(C)C(CC)C2)CCCC1(C)C. The van der Waals surface area contributed by atoms with Crippen LogP contribution in [0.15, 0.2) is 0 Å². The molecule has 3 nitrogen and oxygen atoms in total. The zero-order valence-electron chi connectivity index (χ0n) is 15.0. The Morgan fingerprint density at radius 1 is 1.19 bits per heavy atom. The zero-order valence-corrected chi connectivity index (χ0v) is 15.0. The molecular weight excluding hydrogens is 258 g/mol. The molecule has 3 atom stereocenters. The van der Waals surface area contributed by atoms with E-state index in [0.29, 0.717) is 11.5 Å². The lowest BCUT2D eigenvalue weighted by atomic mass is 9.70. The van der Waals surface area contributed by atoms with Crippen LogP contribution in [0.4, 0.5) is 0 Å². The minimum atomic E-state index is 0.434. The van der Waals surface area contributed by atoms with E-state index in [9.17, 15) is 0 Å². The normalized spacial score (nSPS) is 35.0. The maximum absolute atomic E-state index is 3.90. The first-order chi connectivity index (χ1) is 9.99. The molecule has 3 heteroatoms. The van der Waals surface area contributed by atoms with Crippen molar-refractivity contribution in [2.75, 3.05) is 33.2 Å². The molecule has 0 aromatic heterocycles. The lowest BCUT2D eigenvalue weighted by molar-refractivity contribution is 0.00197. The van der Waals surface area contributed by atoms with Crippen molar-refractivity contribution < 1.29 is 0 Å². The third-order valence-electron chi connectivity index (χ3n) is 5.91. The van der Waals surface area contributed by atoms with Crippen LogP contribution in [0.1, 0.15) is 59.8 Å². The van der Waals surface area contributed by atoms with E-state index in [-0.39, 0.29) is 0 Å². The van der Waals surface area contributed by atoms with Gasteiger partial charge in [-0.15, -0.1) is 0 Å². The van der Waals surface area contributed by atoms with E-state index >= 15 is 0 Å². The summed E-state index contributed by atoms with van der Waals surface area (Å²) < 4.78 is 0. The summed E-state index contributed by atoms with van der Waals surface area (Å²) in [4.78, 5) is 5.36. The Hall–Kier alpha value is -0.120. The standard InChI is InChI=1S/C18H37N3/c1-6-11-19-17-16(9-8-10-18(17,3)4)21-13-12-20(5)15(7-2)14-21/h15-17,19H,6-14H2,1-5H3. The number of piperazine rings is 1. The fraction of sp³-hybridized carbons (Fsp3) is 1.00. The van der Waals surface area contributed by atoms with Gasteiger partial charge in [0.15, 0.2) is 0 Å². The summed E-state index contributed by atoms with van der Waals surface area (Å²) >= 11 is 0. The van der Waals surface area contributed by atoms with Gasteiger partial charge in [-0.3, -0.25) is 4.90 Å². The Kier molecular flexibility index (Phi) is 6.10. The third-order valence-corrected chi connectivity index (χ3v) is 5.91. The molecule has 1 N–H and O–H groups in total. The van der Waals surface area contributed by atoms with Gasteiger partial charge in [-0.2, -0.15) is 0 Å². The Morgan fingerprint density at radius 3 is 2.62 bits per heavy atom. The molecule has 0 bridgehead atoms. The minimum Gasteiger partial charge on any atom is -0.312 e. The highest BCUT2D eigenvalue weighted by molar-refractivity contribution is 4.99. The van der Waals surface area contributed by atoms with Crippen molar-refractivity contribution in [1.29, 1.82) is 0 Å². The highest BCUT2D eigenvalue weighted by Crippen LogP contribution is 2.38. The van der Waals surface area contributed by atoms with Crippen molar-refractivity contribution >= 4 is 0 Å². The Morgan fingerprint density at radius 2 is 1.95 bits per heavy atom. The van der Waals surface area contributed by atoms with E-state index in [4.69, 9.17) is 0 Å². The number of nitrogens with one attached hydrogen (secondary N) is 1. The molecule has 124 valence electrons. The highest BCUT2D eigenvalue weighted by Gasteiger charge is 2.42. The summed E-state index contributed by atoms with van der Waals surface area (Å²) in [6, 6.07) is 2.14. The van der Waals surface area contributed by atoms with Crippen molar-refractivity contribution in [2.45, 2.75) is 77.9 Å². The fourth-order valence-corrected chi connectivity index (χ4v) is 4.43. The van der Waals surface area contributed by atoms with Gasteiger partial charge in [0.2, 0.25) is 0 Å². The number of rotatable bonds is 5. The first kappa shape index (κ1) is 17.2. The molecule has 21 heavy (non-hydrogen) atoms. The highest BCUT2D eigenvalue weighted by atomic mass is 15.3. The molecule has 0 amide bonds. The summed E-state index contributed by atoms with van der Waals surface area (Å²) in [6.07, 6.45) is 6.65. The van der Waals surface area contributed by atoms with Gasteiger partial charge >= 0.3 is 0 Å². The molecule has 1 aliphatic heterocycles. The van der Waals surface area contributed by atoms with Crippen LogP contribution in [-0.2, 0) is 0 Å². The first-order valence-electron chi connectivity index (χ1n) is 9.17. The molecule has 1 saturated heterocycles. The minimum absolute atomic E-state index is 0.434. The van der Waals surface area contributed by atoms with E-state index in [2.05, 4.69) is 49.9 Å². The number of hydrogen-bond acceptors (Lipinski definition) is 3.